The van der Waals surface area contributed by atoms with E-state index < -0.39 is 10.0 Å². The molecule has 164 valence electrons. The molecule has 0 saturated carbocycles. The van der Waals surface area contributed by atoms with Gasteiger partial charge in [0.05, 0.1) is 9.77 Å². The molecule has 0 spiro atoms. The summed E-state index contributed by atoms with van der Waals surface area (Å²) in [6, 6.07) is 9.16. The van der Waals surface area contributed by atoms with E-state index in [1.807, 2.05) is 30.5 Å². The van der Waals surface area contributed by atoms with Crippen LogP contribution in [0.2, 0.25) is 0 Å². The van der Waals surface area contributed by atoms with Crippen LogP contribution in [0.3, 0.4) is 0 Å². The van der Waals surface area contributed by atoms with E-state index in [1.165, 1.54) is 15.6 Å². The summed E-state index contributed by atoms with van der Waals surface area (Å²) in [5.74, 6) is 0.912. The third-order valence-corrected chi connectivity index (χ3v) is 8.23. The lowest BCUT2D eigenvalue weighted by molar-refractivity contribution is -0.132. The largest absolute Gasteiger partial charge is 0.340 e. The van der Waals surface area contributed by atoms with E-state index in [1.54, 1.807) is 24.0 Å². The Kier molecular flexibility index (Phi) is 6.22. The Balaban J connectivity index is 1.31. The molecule has 3 aromatic rings. The Morgan fingerprint density at radius 1 is 1.16 bits per heavy atom. The van der Waals surface area contributed by atoms with Crippen molar-refractivity contribution in [1.29, 1.82) is 0 Å². The number of piperazine rings is 1. The second-order valence-corrected chi connectivity index (χ2v) is 10.4. The van der Waals surface area contributed by atoms with Crippen LogP contribution in [0.4, 0.5) is 0 Å². The molecule has 31 heavy (non-hydrogen) atoms. The molecule has 1 aromatic carbocycles. The maximum Gasteiger partial charge on any atom is 0.243 e. The van der Waals surface area contributed by atoms with Gasteiger partial charge >= 0.3 is 0 Å². The zero-order valence-electron chi connectivity index (χ0n) is 17.4. The van der Waals surface area contributed by atoms with Gasteiger partial charge in [0, 0.05) is 39.0 Å². The molecule has 1 amide bonds. The van der Waals surface area contributed by atoms with Gasteiger partial charge in [-0.2, -0.15) is 9.29 Å². The average Bonchev–Trinajstić information content (AvgIpc) is 3.43. The first kappa shape index (κ1) is 21.7. The predicted molar refractivity (Wildman–Crippen MR) is 117 cm³/mol. The Morgan fingerprint density at radius 2 is 1.94 bits per heavy atom. The molecule has 4 rings (SSSR count). The molecule has 1 saturated heterocycles. The minimum absolute atomic E-state index is 0.0422. The lowest BCUT2D eigenvalue weighted by Gasteiger charge is -2.34. The number of aryl methyl sites for hydroxylation is 3. The van der Waals surface area contributed by atoms with Gasteiger partial charge in [-0.1, -0.05) is 28.9 Å². The van der Waals surface area contributed by atoms with Gasteiger partial charge in [0.15, 0.2) is 0 Å². The normalized spacial score (nSPS) is 15.4. The van der Waals surface area contributed by atoms with Gasteiger partial charge in [0.25, 0.3) is 0 Å². The molecule has 1 aliphatic rings. The van der Waals surface area contributed by atoms with Gasteiger partial charge in [-0.15, -0.1) is 11.3 Å². The highest BCUT2D eigenvalue weighted by molar-refractivity contribution is 7.89. The molecule has 10 heteroatoms. The van der Waals surface area contributed by atoms with Gasteiger partial charge in [0.2, 0.25) is 27.6 Å². The number of hydrogen-bond acceptors (Lipinski definition) is 7. The quantitative estimate of drug-likeness (QED) is 0.561. The number of thiophene rings is 1. The summed E-state index contributed by atoms with van der Waals surface area (Å²) >= 11 is 1.52. The highest BCUT2D eigenvalue weighted by atomic mass is 32.2. The highest BCUT2D eigenvalue weighted by Crippen LogP contribution is 2.23. The lowest BCUT2D eigenvalue weighted by Crippen LogP contribution is -2.50. The Morgan fingerprint density at radius 3 is 2.61 bits per heavy atom. The van der Waals surface area contributed by atoms with E-state index in [0.717, 1.165) is 16.0 Å². The smallest absolute Gasteiger partial charge is 0.243 e. The van der Waals surface area contributed by atoms with E-state index in [9.17, 15) is 13.2 Å². The number of rotatable bonds is 6. The zero-order chi connectivity index (χ0) is 22.0. The second kappa shape index (κ2) is 8.89. The number of nitrogens with zero attached hydrogens (tertiary/aromatic N) is 4. The van der Waals surface area contributed by atoms with E-state index in [-0.39, 0.29) is 25.4 Å². The van der Waals surface area contributed by atoms with Crippen LogP contribution in [-0.2, 0) is 21.2 Å². The maximum absolute atomic E-state index is 13.0. The Hall–Kier alpha value is -2.56. The zero-order valence-corrected chi connectivity index (χ0v) is 19.1. The molecule has 1 fully saturated rings. The first-order valence-corrected chi connectivity index (χ1v) is 12.4. The molecular weight excluding hydrogens is 436 g/mol. The molecule has 0 radical (unpaired) electrons. The molecule has 8 nitrogen and oxygen atoms in total. The van der Waals surface area contributed by atoms with Crippen LogP contribution in [0.15, 0.2) is 45.1 Å². The van der Waals surface area contributed by atoms with Crippen molar-refractivity contribution in [3.63, 3.8) is 0 Å². The standard InChI is InChI=1S/C21H24N4O4S2/c1-15-5-6-18(16(2)14-15)31(27,28)25-11-9-24(10-12-25)20(26)8-7-19-22-21(23-29-19)17-4-3-13-30-17/h3-6,13-14H,7-12H2,1-2H3. The van der Waals surface area contributed by atoms with E-state index in [2.05, 4.69) is 10.1 Å². The molecule has 0 N–H and O–H groups in total. The number of hydrogen-bond donors (Lipinski definition) is 0. The number of sulfonamides is 1. The number of carbonyl (C=O) groups is 1. The van der Waals surface area contributed by atoms with Crippen LogP contribution in [0, 0.1) is 13.8 Å². The van der Waals surface area contributed by atoms with Crippen LogP contribution in [0.5, 0.6) is 0 Å². The van der Waals surface area contributed by atoms with Gasteiger partial charge in [0.1, 0.15) is 0 Å². The summed E-state index contributed by atoms with van der Waals surface area (Å²) in [7, 11) is -3.57. The van der Waals surface area contributed by atoms with Crippen molar-refractivity contribution in [2.45, 2.75) is 31.6 Å². The molecule has 2 aromatic heterocycles. The van der Waals surface area contributed by atoms with Crippen LogP contribution in [-0.4, -0.2) is 59.8 Å². The molecule has 0 aliphatic carbocycles. The van der Waals surface area contributed by atoms with Gasteiger partial charge in [-0.25, -0.2) is 8.42 Å². The lowest BCUT2D eigenvalue weighted by atomic mass is 10.2. The first-order valence-electron chi connectivity index (χ1n) is 10.1. The second-order valence-electron chi connectivity index (χ2n) is 7.54. The Bertz CT molecular complexity index is 1160. The third kappa shape index (κ3) is 4.70. The van der Waals surface area contributed by atoms with Crippen molar-refractivity contribution in [1.82, 2.24) is 19.3 Å². The average molecular weight is 461 g/mol. The summed E-state index contributed by atoms with van der Waals surface area (Å²) in [6.07, 6.45) is 0.605. The van der Waals surface area contributed by atoms with Gasteiger partial charge < -0.3 is 9.42 Å². The van der Waals surface area contributed by atoms with E-state index >= 15 is 0 Å². The summed E-state index contributed by atoms with van der Waals surface area (Å²) in [4.78, 5) is 19.9. The number of aromatic nitrogens is 2. The summed E-state index contributed by atoms with van der Waals surface area (Å²) in [5, 5.41) is 5.89. The van der Waals surface area contributed by atoms with Crippen LogP contribution >= 0.6 is 11.3 Å². The summed E-state index contributed by atoms with van der Waals surface area (Å²) in [6.45, 7) is 5.04. The monoisotopic (exact) mass is 460 g/mol. The fraction of sp³-hybridized carbons (Fsp3) is 0.381. The van der Waals surface area contributed by atoms with Crippen molar-refractivity contribution >= 4 is 27.3 Å². The molecule has 1 aliphatic heterocycles. The van der Waals surface area contributed by atoms with E-state index in [0.29, 0.717) is 36.1 Å². The summed E-state index contributed by atoms with van der Waals surface area (Å²) < 4.78 is 32.7. The van der Waals surface area contributed by atoms with Crippen molar-refractivity contribution < 1.29 is 17.7 Å². The fourth-order valence-electron chi connectivity index (χ4n) is 3.64. The van der Waals surface area contributed by atoms with E-state index in [4.69, 9.17) is 4.52 Å². The topological polar surface area (TPSA) is 96.6 Å². The molecule has 0 unspecified atom stereocenters. The number of benzene rings is 1. The van der Waals surface area contributed by atoms with Crippen molar-refractivity contribution in [3.05, 3.63) is 52.7 Å². The van der Waals surface area contributed by atoms with Gasteiger partial charge in [-0.3, -0.25) is 4.79 Å². The number of carbonyl (C=O) groups excluding carboxylic acids is 1. The van der Waals surface area contributed by atoms with Crippen LogP contribution < -0.4 is 0 Å². The highest BCUT2D eigenvalue weighted by Gasteiger charge is 2.31. The molecular formula is C21H24N4O4S2. The first-order chi connectivity index (χ1) is 14.8. The fourth-order valence-corrected chi connectivity index (χ4v) is 5.92. The van der Waals surface area contributed by atoms with Crippen molar-refractivity contribution in [2.24, 2.45) is 0 Å². The van der Waals surface area contributed by atoms with Gasteiger partial charge in [-0.05, 0) is 36.9 Å². The minimum atomic E-state index is -3.57. The molecule has 3 heterocycles. The SMILES string of the molecule is Cc1ccc(S(=O)(=O)N2CCN(C(=O)CCc3nc(-c4cccs4)no3)CC2)c(C)c1. The molecule has 0 atom stereocenters. The number of amides is 1. The third-order valence-electron chi connectivity index (χ3n) is 5.30. The maximum atomic E-state index is 13.0. The Labute approximate surface area is 185 Å². The van der Waals surface area contributed by atoms with Crippen molar-refractivity contribution in [3.8, 4) is 10.7 Å². The molecule has 0 bridgehead atoms. The van der Waals surface area contributed by atoms with Crippen LogP contribution in [0.1, 0.15) is 23.4 Å². The van der Waals surface area contributed by atoms with Crippen LogP contribution in [0.25, 0.3) is 10.7 Å². The minimum Gasteiger partial charge on any atom is -0.340 e. The summed E-state index contributed by atoms with van der Waals surface area (Å²) in [5.41, 5.74) is 1.76. The predicted octanol–water partition coefficient (Wildman–Crippen LogP) is 2.88. The van der Waals surface area contributed by atoms with Crippen molar-refractivity contribution in [2.75, 3.05) is 26.2 Å².